The Bertz CT molecular complexity index is 388. The van der Waals surface area contributed by atoms with Gasteiger partial charge in [-0.15, -0.1) is 11.6 Å². The van der Waals surface area contributed by atoms with Crippen molar-refractivity contribution in [2.45, 2.75) is 45.2 Å². The van der Waals surface area contributed by atoms with Gasteiger partial charge in [-0.1, -0.05) is 30.2 Å². The number of aryl methyl sites for hydroxylation is 1. The van der Waals surface area contributed by atoms with Crippen molar-refractivity contribution in [3.8, 4) is 0 Å². The topological polar surface area (TPSA) is 3.24 Å². The highest BCUT2D eigenvalue weighted by atomic mass is 35.5. The fourth-order valence-corrected chi connectivity index (χ4v) is 2.82. The van der Waals surface area contributed by atoms with E-state index in [0.717, 1.165) is 36.5 Å². The molecule has 2 rings (SSSR count). The molecular weight excluding hydrogens is 265 g/mol. The number of alkyl halides is 1. The minimum absolute atomic E-state index is 0.741. The van der Waals surface area contributed by atoms with Gasteiger partial charge in [-0.2, -0.15) is 0 Å². The number of hydrogen-bond donors (Lipinski definition) is 0. The van der Waals surface area contributed by atoms with E-state index in [1.54, 1.807) is 0 Å². The zero-order chi connectivity index (χ0) is 13.0. The third-order valence-corrected chi connectivity index (χ3v) is 4.37. The Morgan fingerprint density at radius 2 is 2.11 bits per heavy atom. The highest BCUT2D eigenvalue weighted by Crippen LogP contribution is 2.28. The molecule has 1 aliphatic carbocycles. The molecule has 0 atom stereocenters. The lowest BCUT2D eigenvalue weighted by molar-refractivity contribution is 0.120. The van der Waals surface area contributed by atoms with Crippen LogP contribution in [0.15, 0.2) is 18.2 Å². The fourth-order valence-electron chi connectivity index (χ4n) is 2.40. The highest BCUT2D eigenvalue weighted by Gasteiger charge is 2.24. The van der Waals surface area contributed by atoms with Gasteiger partial charge in [0.05, 0.1) is 0 Å². The fraction of sp³-hybridized carbons (Fsp3) is 0.600. The first kappa shape index (κ1) is 14.2. The minimum atomic E-state index is 0.741. The first-order valence-electron chi connectivity index (χ1n) is 6.75. The summed E-state index contributed by atoms with van der Waals surface area (Å²) in [6.45, 7) is 4.12. The van der Waals surface area contributed by atoms with Crippen molar-refractivity contribution in [3.63, 3.8) is 0 Å². The Kier molecular flexibility index (Phi) is 5.35. The largest absolute Gasteiger partial charge is 0.296 e. The van der Waals surface area contributed by atoms with Crippen LogP contribution in [-0.4, -0.2) is 23.4 Å². The van der Waals surface area contributed by atoms with E-state index in [9.17, 15) is 0 Å². The molecule has 18 heavy (non-hydrogen) atoms. The summed E-state index contributed by atoms with van der Waals surface area (Å²) in [5.74, 6) is 0.741. The first-order chi connectivity index (χ1) is 8.70. The summed E-state index contributed by atoms with van der Waals surface area (Å²) in [6.07, 6.45) is 5.07. The molecule has 1 nitrogen and oxygen atoms in total. The molecule has 0 spiro atoms. The Morgan fingerprint density at radius 1 is 1.33 bits per heavy atom. The van der Waals surface area contributed by atoms with Gasteiger partial charge in [0.1, 0.15) is 0 Å². The second-order valence-corrected chi connectivity index (χ2v) is 5.98. The highest BCUT2D eigenvalue weighted by molar-refractivity contribution is 6.31. The minimum Gasteiger partial charge on any atom is -0.296 e. The number of nitrogens with zero attached hydrogens (tertiary/aromatic N) is 1. The summed E-state index contributed by atoms with van der Waals surface area (Å²) in [7, 11) is 0. The van der Waals surface area contributed by atoms with Crippen LogP contribution in [0.25, 0.3) is 0 Å². The smallest absolute Gasteiger partial charge is 0.0453 e. The first-order valence-corrected chi connectivity index (χ1v) is 7.67. The predicted molar refractivity (Wildman–Crippen MR) is 79.6 cm³/mol. The molecule has 1 fully saturated rings. The summed E-state index contributed by atoms with van der Waals surface area (Å²) >= 11 is 12.1. The quantitative estimate of drug-likeness (QED) is 0.689. The zero-order valence-corrected chi connectivity index (χ0v) is 12.5. The van der Waals surface area contributed by atoms with Crippen LogP contribution in [0.4, 0.5) is 0 Å². The molecule has 1 saturated carbocycles. The third kappa shape index (κ3) is 3.63. The molecule has 0 bridgehead atoms. The van der Waals surface area contributed by atoms with Gasteiger partial charge in [0.25, 0.3) is 0 Å². The van der Waals surface area contributed by atoms with Gasteiger partial charge >= 0.3 is 0 Å². The summed E-state index contributed by atoms with van der Waals surface area (Å²) < 4.78 is 0. The molecule has 0 radical (unpaired) electrons. The average Bonchev–Trinajstić information content (AvgIpc) is 2.27. The van der Waals surface area contributed by atoms with Gasteiger partial charge in [-0.3, -0.25) is 4.90 Å². The molecule has 1 aromatic rings. The van der Waals surface area contributed by atoms with Crippen LogP contribution >= 0.6 is 23.2 Å². The number of hydrogen-bond acceptors (Lipinski definition) is 1. The van der Waals surface area contributed by atoms with Gasteiger partial charge < -0.3 is 0 Å². The van der Waals surface area contributed by atoms with Gasteiger partial charge in [0.15, 0.2) is 0 Å². The van der Waals surface area contributed by atoms with Crippen molar-refractivity contribution in [2.24, 2.45) is 0 Å². The molecule has 0 aliphatic heterocycles. The van der Waals surface area contributed by atoms with Crippen molar-refractivity contribution in [2.75, 3.05) is 12.4 Å². The van der Waals surface area contributed by atoms with Crippen LogP contribution in [0.1, 0.15) is 36.8 Å². The van der Waals surface area contributed by atoms with Gasteiger partial charge in [0, 0.05) is 23.5 Å². The lowest BCUT2D eigenvalue weighted by atomic mass is 9.91. The maximum absolute atomic E-state index is 6.32. The van der Waals surface area contributed by atoms with Crippen LogP contribution in [0.3, 0.4) is 0 Å². The van der Waals surface area contributed by atoms with Crippen LogP contribution in [-0.2, 0) is 6.54 Å². The van der Waals surface area contributed by atoms with Gasteiger partial charge in [-0.05, 0) is 49.9 Å². The average molecular weight is 286 g/mol. The monoisotopic (exact) mass is 285 g/mol. The maximum atomic E-state index is 6.32. The van der Waals surface area contributed by atoms with Crippen LogP contribution in [0.2, 0.25) is 5.02 Å². The van der Waals surface area contributed by atoms with E-state index < -0.39 is 0 Å². The van der Waals surface area contributed by atoms with Crippen molar-refractivity contribution >= 4 is 23.2 Å². The summed E-state index contributed by atoms with van der Waals surface area (Å²) in [5, 5.41) is 0.894. The van der Waals surface area contributed by atoms with Crippen LogP contribution < -0.4 is 0 Å². The van der Waals surface area contributed by atoms with Gasteiger partial charge in [0.2, 0.25) is 0 Å². The van der Waals surface area contributed by atoms with E-state index in [1.807, 2.05) is 0 Å². The Labute approximate surface area is 120 Å². The van der Waals surface area contributed by atoms with E-state index in [1.165, 1.54) is 30.4 Å². The van der Waals surface area contributed by atoms with E-state index in [0.29, 0.717) is 0 Å². The molecule has 0 heterocycles. The maximum Gasteiger partial charge on any atom is 0.0453 e. The lowest BCUT2D eigenvalue weighted by Gasteiger charge is -2.37. The predicted octanol–water partition coefficient (Wildman–Crippen LogP) is 4.63. The van der Waals surface area contributed by atoms with E-state index in [-0.39, 0.29) is 0 Å². The standard InChI is InChI=1S/C15H21Cl2N/c1-12-6-7-13(15(17)10-12)11-18(9-3-8-16)14-4-2-5-14/h6-7,10,14H,2-5,8-9,11H2,1H3. The summed E-state index contributed by atoms with van der Waals surface area (Å²) in [4.78, 5) is 2.54. The van der Waals surface area contributed by atoms with E-state index in [4.69, 9.17) is 23.2 Å². The third-order valence-electron chi connectivity index (χ3n) is 3.75. The Hall–Kier alpha value is -0.240. The molecular formula is C15H21Cl2N. The summed E-state index contributed by atoms with van der Waals surface area (Å²) in [5.41, 5.74) is 2.46. The molecule has 0 saturated heterocycles. The van der Waals surface area contributed by atoms with Gasteiger partial charge in [-0.25, -0.2) is 0 Å². The van der Waals surface area contributed by atoms with Crippen molar-refractivity contribution < 1.29 is 0 Å². The molecule has 1 aromatic carbocycles. The number of rotatable bonds is 6. The Morgan fingerprint density at radius 3 is 2.67 bits per heavy atom. The molecule has 0 unspecified atom stereocenters. The lowest BCUT2D eigenvalue weighted by Crippen LogP contribution is -2.40. The van der Waals surface area contributed by atoms with E-state index >= 15 is 0 Å². The molecule has 1 aliphatic rings. The number of benzene rings is 1. The molecule has 0 N–H and O–H groups in total. The molecule has 0 aromatic heterocycles. The van der Waals surface area contributed by atoms with E-state index in [2.05, 4.69) is 30.0 Å². The Balaban J connectivity index is 2.02. The normalized spacial score (nSPS) is 16.0. The molecule has 3 heteroatoms. The van der Waals surface area contributed by atoms with Crippen molar-refractivity contribution in [3.05, 3.63) is 34.3 Å². The number of halogens is 2. The zero-order valence-electron chi connectivity index (χ0n) is 11.0. The second kappa shape index (κ2) is 6.79. The van der Waals surface area contributed by atoms with Crippen molar-refractivity contribution in [1.82, 2.24) is 4.90 Å². The molecule has 0 amide bonds. The second-order valence-electron chi connectivity index (χ2n) is 5.19. The van der Waals surface area contributed by atoms with Crippen molar-refractivity contribution in [1.29, 1.82) is 0 Å². The van der Waals surface area contributed by atoms with Crippen LogP contribution in [0, 0.1) is 6.92 Å². The van der Waals surface area contributed by atoms with Crippen LogP contribution in [0.5, 0.6) is 0 Å². The molecule has 100 valence electrons. The SMILES string of the molecule is Cc1ccc(CN(CCCCl)C2CCC2)c(Cl)c1. The summed E-state index contributed by atoms with van der Waals surface area (Å²) in [6, 6.07) is 7.09.